The third-order valence-corrected chi connectivity index (χ3v) is 5.63. The molecule has 2 aromatic rings. The van der Waals surface area contributed by atoms with Crippen molar-refractivity contribution in [1.82, 2.24) is 10.2 Å². The summed E-state index contributed by atoms with van der Waals surface area (Å²) >= 11 is 0. The van der Waals surface area contributed by atoms with Crippen LogP contribution < -0.4 is 15.8 Å². The zero-order valence-corrected chi connectivity index (χ0v) is 17.6. The number of carbonyl (C=O) groups is 1. The number of carbonyl (C=O) groups excluding carboxylic acids is 1. The van der Waals surface area contributed by atoms with E-state index in [2.05, 4.69) is 22.3 Å². The smallest absolute Gasteiger partial charge is 0.410 e. The summed E-state index contributed by atoms with van der Waals surface area (Å²) in [4.78, 5) is 28.8. The van der Waals surface area contributed by atoms with Gasteiger partial charge in [-0.1, -0.05) is 0 Å². The minimum atomic E-state index is -0.491. The molecule has 1 aromatic heterocycles. The maximum Gasteiger partial charge on any atom is 0.410 e. The number of aryl methyl sites for hydroxylation is 1. The predicted molar refractivity (Wildman–Crippen MR) is 113 cm³/mol. The van der Waals surface area contributed by atoms with Gasteiger partial charge in [0, 0.05) is 49.4 Å². The summed E-state index contributed by atoms with van der Waals surface area (Å²) in [5.41, 5.74) is 3.85. The van der Waals surface area contributed by atoms with Gasteiger partial charge in [0.1, 0.15) is 11.2 Å². The van der Waals surface area contributed by atoms with Gasteiger partial charge in [-0.05, 0) is 58.4 Å². The van der Waals surface area contributed by atoms with Crippen LogP contribution in [0, 0.1) is 6.92 Å². The minimum absolute atomic E-state index is 0.241. The fraction of sp³-hybridized carbons (Fsp3) is 0.545. The summed E-state index contributed by atoms with van der Waals surface area (Å²) in [6, 6.07) is 4.19. The molecular formula is C22H29N3O4. The lowest BCUT2D eigenvalue weighted by Gasteiger charge is -2.37. The van der Waals surface area contributed by atoms with Gasteiger partial charge in [0.15, 0.2) is 0 Å². The van der Waals surface area contributed by atoms with E-state index in [1.54, 1.807) is 4.90 Å². The lowest BCUT2D eigenvalue weighted by molar-refractivity contribution is 0.0240. The average molecular weight is 399 g/mol. The maximum absolute atomic E-state index is 12.5. The van der Waals surface area contributed by atoms with Crippen molar-refractivity contribution in [2.45, 2.75) is 46.3 Å². The molecule has 0 spiro atoms. The van der Waals surface area contributed by atoms with E-state index in [1.807, 2.05) is 27.7 Å². The van der Waals surface area contributed by atoms with Crippen LogP contribution in [0.2, 0.25) is 0 Å². The highest BCUT2D eigenvalue weighted by atomic mass is 16.6. The quantitative estimate of drug-likeness (QED) is 0.744. The van der Waals surface area contributed by atoms with Gasteiger partial charge in [0.2, 0.25) is 0 Å². The Labute approximate surface area is 170 Å². The molecule has 3 heterocycles. The highest BCUT2D eigenvalue weighted by molar-refractivity contribution is 5.88. The van der Waals surface area contributed by atoms with Gasteiger partial charge < -0.3 is 24.3 Å². The Balaban J connectivity index is 1.57. The summed E-state index contributed by atoms with van der Waals surface area (Å²) in [7, 11) is 0. The number of hydrogen-bond acceptors (Lipinski definition) is 6. The second-order valence-corrected chi connectivity index (χ2v) is 8.81. The van der Waals surface area contributed by atoms with Crippen LogP contribution >= 0.6 is 0 Å². The van der Waals surface area contributed by atoms with Gasteiger partial charge in [-0.2, -0.15) is 0 Å². The second kappa shape index (κ2) is 7.37. The lowest BCUT2D eigenvalue weighted by Crippen LogP contribution is -2.50. The number of rotatable bonds is 1. The van der Waals surface area contributed by atoms with Crippen molar-refractivity contribution in [2.75, 3.05) is 37.6 Å². The number of ether oxygens (including phenoxy) is 1. The molecule has 0 bridgehead atoms. The zero-order valence-electron chi connectivity index (χ0n) is 17.6. The number of nitrogens with zero attached hydrogens (tertiary/aromatic N) is 2. The highest BCUT2D eigenvalue weighted by Crippen LogP contribution is 2.32. The molecule has 0 unspecified atom stereocenters. The van der Waals surface area contributed by atoms with Gasteiger partial charge in [-0.15, -0.1) is 0 Å². The number of anilines is 1. The van der Waals surface area contributed by atoms with Crippen LogP contribution in [0.4, 0.5) is 10.5 Å². The molecule has 1 amide bonds. The fourth-order valence-corrected chi connectivity index (χ4v) is 4.18. The average Bonchev–Trinajstić information content (AvgIpc) is 2.68. The topological polar surface area (TPSA) is 75.0 Å². The van der Waals surface area contributed by atoms with Crippen molar-refractivity contribution in [1.29, 1.82) is 0 Å². The molecule has 7 heteroatoms. The molecule has 2 aliphatic rings. The normalized spacial score (nSPS) is 17.4. The van der Waals surface area contributed by atoms with Crippen molar-refractivity contribution >= 4 is 22.7 Å². The second-order valence-electron chi connectivity index (χ2n) is 8.81. The largest absolute Gasteiger partial charge is 0.444 e. The van der Waals surface area contributed by atoms with Crippen molar-refractivity contribution < 1.29 is 13.9 Å². The first-order chi connectivity index (χ1) is 13.7. The summed E-state index contributed by atoms with van der Waals surface area (Å²) in [6.45, 7) is 11.7. The number of nitrogens with one attached hydrogen (secondary N) is 1. The number of benzene rings is 1. The summed E-state index contributed by atoms with van der Waals surface area (Å²) in [6.07, 6.45) is 0.573. The number of fused-ring (bicyclic) bond motifs is 3. The maximum atomic E-state index is 12.5. The molecule has 1 aromatic carbocycles. The molecule has 0 saturated carbocycles. The van der Waals surface area contributed by atoms with Crippen LogP contribution in [0.3, 0.4) is 0 Å². The molecular weight excluding hydrogens is 370 g/mol. The minimum Gasteiger partial charge on any atom is -0.444 e. The van der Waals surface area contributed by atoms with Crippen LogP contribution in [0.5, 0.6) is 0 Å². The third kappa shape index (κ3) is 3.83. The van der Waals surface area contributed by atoms with Gasteiger partial charge in [-0.3, -0.25) is 0 Å². The van der Waals surface area contributed by atoms with Crippen LogP contribution in [0.1, 0.15) is 37.5 Å². The first-order valence-corrected chi connectivity index (χ1v) is 10.3. The van der Waals surface area contributed by atoms with Crippen molar-refractivity contribution in [3.63, 3.8) is 0 Å². The third-order valence-electron chi connectivity index (χ3n) is 5.63. The standard InChI is InChI=1S/C22H29N3O4/c1-14-18(24-9-11-25(12-10-24)21(27)29-22(2,3)4)6-5-16-15-7-8-23-13-17(15)20(26)28-19(14)16/h5-6,23H,7-13H2,1-4H3. The Bertz CT molecular complexity index is 998. The van der Waals surface area contributed by atoms with Crippen molar-refractivity contribution in [3.8, 4) is 0 Å². The van der Waals surface area contributed by atoms with E-state index < -0.39 is 5.60 Å². The molecule has 0 aliphatic carbocycles. The van der Waals surface area contributed by atoms with Crippen LogP contribution in [0.15, 0.2) is 21.3 Å². The molecule has 1 fully saturated rings. The van der Waals surface area contributed by atoms with E-state index in [1.165, 1.54) is 0 Å². The predicted octanol–water partition coefficient (Wildman–Crippen LogP) is 2.80. The first-order valence-electron chi connectivity index (χ1n) is 10.3. The molecule has 1 saturated heterocycles. The van der Waals surface area contributed by atoms with E-state index in [9.17, 15) is 9.59 Å². The van der Waals surface area contributed by atoms with Crippen molar-refractivity contribution in [3.05, 3.63) is 39.2 Å². The van der Waals surface area contributed by atoms with Gasteiger partial charge in [-0.25, -0.2) is 9.59 Å². The Morgan fingerprint density at radius 3 is 2.55 bits per heavy atom. The van der Waals surface area contributed by atoms with Crippen LogP contribution in [0.25, 0.3) is 11.0 Å². The Morgan fingerprint density at radius 1 is 1.14 bits per heavy atom. The van der Waals surface area contributed by atoms with Gasteiger partial charge >= 0.3 is 11.7 Å². The summed E-state index contributed by atoms with van der Waals surface area (Å²) < 4.78 is 11.2. The summed E-state index contributed by atoms with van der Waals surface area (Å²) in [5.74, 6) is 0. The van der Waals surface area contributed by atoms with E-state index in [0.717, 1.165) is 40.7 Å². The van der Waals surface area contributed by atoms with Gasteiger partial charge in [0.05, 0.1) is 5.56 Å². The van der Waals surface area contributed by atoms with Crippen LogP contribution in [-0.2, 0) is 17.7 Å². The Morgan fingerprint density at radius 2 is 1.86 bits per heavy atom. The molecule has 0 atom stereocenters. The molecule has 4 rings (SSSR count). The molecule has 2 aliphatic heterocycles. The lowest BCUT2D eigenvalue weighted by atomic mass is 9.96. The fourth-order valence-electron chi connectivity index (χ4n) is 4.18. The first kappa shape index (κ1) is 19.8. The number of piperazine rings is 1. The molecule has 7 nitrogen and oxygen atoms in total. The molecule has 156 valence electrons. The van der Waals surface area contributed by atoms with Gasteiger partial charge in [0.25, 0.3) is 0 Å². The number of hydrogen-bond donors (Lipinski definition) is 1. The Kier molecular flexibility index (Phi) is 5.02. The van der Waals surface area contributed by atoms with E-state index in [-0.39, 0.29) is 11.7 Å². The van der Waals surface area contributed by atoms with Crippen molar-refractivity contribution in [2.24, 2.45) is 0 Å². The number of amides is 1. The highest BCUT2D eigenvalue weighted by Gasteiger charge is 2.27. The SMILES string of the molecule is Cc1c(N2CCN(C(=O)OC(C)(C)C)CC2)ccc2c3c(c(=O)oc12)CNCC3. The molecule has 1 N–H and O–H groups in total. The Hall–Kier alpha value is -2.54. The zero-order chi connectivity index (χ0) is 20.8. The summed E-state index contributed by atoms with van der Waals surface area (Å²) in [5, 5.41) is 4.28. The van der Waals surface area contributed by atoms with Crippen LogP contribution in [-0.4, -0.2) is 49.3 Å². The molecule has 29 heavy (non-hydrogen) atoms. The van der Waals surface area contributed by atoms with E-state index in [0.29, 0.717) is 38.3 Å². The van der Waals surface area contributed by atoms with E-state index >= 15 is 0 Å². The monoisotopic (exact) mass is 399 g/mol. The molecule has 0 radical (unpaired) electrons. The van der Waals surface area contributed by atoms with E-state index in [4.69, 9.17) is 9.15 Å².